The van der Waals surface area contributed by atoms with Gasteiger partial charge in [0, 0.05) is 64.3 Å². The van der Waals surface area contributed by atoms with Crippen LogP contribution in [0.2, 0.25) is 0 Å². The molecule has 2 aromatic carbocycles. The lowest BCUT2D eigenvalue weighted by atomic mass is 9.79. The molecule has 3 unspecified atom stereocenters. The third-order valence-electron chi connectivity index (χ3n) is 20.1. The van der Waals surface area contributed by atoms with Crippen molar-refractivity contribution in [2.45, 2.75) is 317 Å². The predicted molar refractivity (Wildman–Crippen MR) is 372 cm³/mol. The lowest BCUT2D eigenvalue weighted by Gasteiger charge is -2.36. The van der Waals surface area contributed by atoms with E-state index in [0.29, 0.717) is 59.0 Å². The van der Waals surface area contributed by atoms with Gasteiger partial charge >= 0.3 is 0 Å². The van der Waals surface area contributed by atoms with Crippen molar-refractivity contribution in [3.8, 4) is 9.75 Å². The van der Waals surface area contributed by atoms with Crippen LogP contribution in [-0.2, 0) is 12.8 Å². The standard InChI is InChI=1S/C77H114N2O4S3/c1-7-11-15-19-23-27-29-33-37-41-44-58(43-39-35-31-25-21-17-13-9-3)54-78-74(80)67-61-51-60(64-49-47-56(5)84-64)52-62(61)68-71-70(67)69(76(78)82)63-53-66(65-50-48-57(6)85-65)86-73(63)72(71)77(83)79(75(68)81)55-59(45-40-36-32-26-22-18-14-10-4)46-42-38-34-30-28-24-20-16-12-8-2/h47-50,53,58-60H,7-46,51-52,54-55H2,1-6H3. The first kappa shape index (κ1) is 68.3. The molecule has 3 atom stereocenters. The van der Waals surface area contributed by atoms with Gasteiger partial charge in [0.1, 0.15) is 0 Å². The summed E-state index contributed by atoms with van der Waals surface area (Å²) in [7, 11) is 0. The van der Waals surface area contributed by atoms with Crippen LogP contribution in [0, 0.1) is 25.7 Å². The van der Waals surface area contributed by atoms with Crippen molar-refractivity contribution in [2.75, 3.05) is 13.1 Å². The monoisotopic (exact) mass is 1230 g/mol. The van der Waals surface area contributed by atoms with Crippen LogP contribution in [0.5, 0.6) is 0 Å². The molecule has 9 heteroatoms. The molecule has 0 N–H and O–H groups in total. The van der Waals surface area contributed by atoms with Crippen LogP contribution < -0.4 is 0 Å². The van der Waals surface area contributed by atoms with Crippen LogP contribution in [0.25, 0.3) is 30.6 Å². The van der Waals surface area contributed by atoms with E-state index in [1.54, 1.807) is 32.5 Å². The number of hydrogen-bond acceptors (Lipinski definition) is 7. The molecule has 0 bridgehead atoms. The third kappa shape index (κ3) is 18.3. The van der Waals surface area contributed by atoms with E-state index in [9.17, 15) is 0 Å². The lowest BCUT2D eigenvalue weighted by Crippen LogP contribution is -2.46. The van der Waals surface area contributed by atoms with Gasteiger partial charge in [-0.2, -0.15) is 0 Å². The first-order valence-corrected chi connectivity index (χ1v) is 38.5. The first-order valence-electron chi connectivity index (χ1n) is 36.1. The normalized spacial score (nSPS) is 15.6. The Hall–Kier alpha value is -3.66. The number of benzene rings is 2. The Kier molecular flexibility index (Phi) is 28.8. The fraction of sp³-hybridized carbons (Fsp3) is 0.688. The molecule has 2 aliphatic heterocycles. The summed E-state index contributed by atoms with van der Waals surface area (Å²) in [6.07, 6.45) is 50.9. The van der Waals surface area contributed by atoms with E-state index < -0.39 is 0 Å². The molecule has 8 rings (SSSR count). The minimum atomic E-state index is -0.242. The number of amides is 4. The highest BCUT2D eigenvalue weighted by molar-refractivity contribution is 7.26. The van der Waals surface area contributed by atoms with E-state index in [2.05, 4.69) is 71.9 Å². The molecular formula is C77H114N2O4S3. The quantitative estimate of drug-likeness (QED) is 0.0287. The Morgan fingerprint density at radius 2 is 0.721 bits per heavy atom. The molecule has 3 aromatic heterocycles. The average Bonchev–Trinajstić information content (AvgIpc) is 1.26. The molecule has 1 aliphatic carbocycles. The van der Waals surface area contributed by atoms with Gasteiger partial charge in [-0.25, -0.2) is 0 Å². The zero-order chi connectivity index (χ0) is 60.6. The van der Waals surface area contributed by atoms with Crippen molar-refractivity contribution < 1.29 is 19.2 Å². The molecule has 474 valence electrons. The molecule has 0 spiro atoms. The molecule has 5 heterocycles. The highest BCUT2D eigenvalue weighted by Gasteiger charge is 2.48. The van der Waals surface area contributed by atoms with E-state index in [1.807, 2.05) is 11.3 Å². The maximum atomic E-state index is 16.0. The van der Waals surface area contributed by atoms with Crippen LogP contribution in [0.15, 0.2) is 30.3 Å². The van der Waals surface area contributed by atoms with Crippen molar-refractivity contribution in [3.05, 3.63) is 78.3 Å². The maximum Gasteiger partial charge on any atom is 0.262 e. The van der Waals surface area contributed by atoms with E-state index in [1.165, 1.54) is 220 Å². The number of aryl methyl sites for hydroxylation is 2. The summed E-state index contributed by atoms with van der Waals surface area (Å²) in [5.74, 6) is -0.385. The molecule has 4 amide bonds. The number of thiophene rings is 3. The highest BCUT2D eigenvalue weighted by atomic mass is 32.1. The predicted octanol–water partition coefficient (Wildman–Crippen LogP) is 24.5. The highest BCUT2D eigenvalue weighted by Crippen LogP contribution is 2.53. The summed E-state index contributed by atoms with van der Waals surface area (Å²) in [4.78, 5) is 73.4. The molecule has 5 aromatic rings. The second kappa shape index (κ2) is 36.3. The van der Waals surface area contributed by atoms with Gasteiger partial charge in [0.05, 0.1) is 22.3 Å². The zero-order valence-corrected chi connectivity index (χ0v) is 57.4. The number of nitrogens with zero attached hydrogens (tertiary/aromatic N) is 2. The van der Waals surface area contributed by atoms with Crippen LogP contribution in [-0.4, -0.2) is 46.5 Å². The Morgan fingerprint density at radius 1 is 0.384 bits per heavy atom. The molecule has 0 radical (unpaired) electrons. The van der Waals surface area contributed by atoms with Gasteiger partial charge in [0.25, 0.3) is 23.6 Å². The topological polar surface area (TPSA) is 74.8 Å². The minimum absolute atomic E-state index is 0.101. The fourth-order valence-corrected chi connectivity index (χ4v) is 18.2. The van der Waals surface area contributed by atoms with Crippen LogP contribution in [0.1, 0.15) is 358 Å². The average molecular weight is 1230 g/mol. The zero-order valence-electron chi connectivity index (χ0n) is 55.0. The molecule has 86 heavy (non-hydrogen) atoms. The van der Waals surface area contributed by atoms with Gasteiger partial charge in [-0.3, -0.25) is 29.0 Å². The van der Waals surface area contributed by atoms with Crippen molar-refractivity contribution in [1.29, 1.82) is 0 Å². The number of rotatable bonds is 46. The van der Waals surface area contributed by atoms with E-state index in [4.69, 9.17) is 0 Å². The lowest BCUT2D eigenvalue weighted by molar-refractivity contribution is 0.0557. The number of carbonyl (C=O) groups is 4. The first-order chi connectivity index (χ1) is 42.1. The minimum Gasteiger partial charge on any atom is -0.274 e. The SMILES string of the molecule is CCCCCCCCCCCCC(CCCCCCCCCC)CN1C(=O)c2c3c(c4c5c(c6sc(-c7ccc(C)s7)cc6c(c25)C1=O)C(=O)N(CC(CCCCCCCCCC)CCCCCCCCCCCC)C4=O)CC(c1ccc(C)s1)C3. The van der Waals surface area contributed by atoms with Crippen molar-refractivity contribution >= 4 is 78.5 Å². The van der Waals surface area contributed by atoms with Crippen molar-refractivity contribution in [1.82, 2.24) is 9.80 Å². The second-order valence-electron chi connectivity index (χ2n) is 27.2. The molecule has 0 fully saturated rings. The molecule has 0 saturated heterocycles. The van der Waals surface area contributed by atoms with Crippen LogP contribution in [0.4, 0.5) is 0 Å². The molecule has 0 saturated carbocycles. The van der Waals surface area contributed by atoms with E-state index in [0.717, 1.165) is 82.3 Å². The second-order valence-corrected chi connectivity index (χ2v) is 30.8. The summed E-state index contributed by atoms with van der Waals surface area (Å²) in [6, 6.07) is 10.9. The smallest absolute Gasteiger partial charge is 0.262 e. The number of imide groups is 2. The summed E-state index contributed by atoms with van der Waals surface area (Å²) in [6.45, 7) is 14.2. The summed E-state index contributed by atoms with van der Waals surface area (Å²) < 4.78 is 0.796. The molecular weight excluding hydrogens is 1110 g/mol. The van der Waals surface area contributed by atoms with E-state index in [-0.39, 0.29) is 41.4 Å². The third-order valence-corrected chi connectivity index (χ3v) is 23.6. The Balaban J connectivity index is 1.14. The van der Waals surface area contributed by atoms with Gasteiger partial charge in [-0.1, -0.05) is 259 Å². The molecule has 3 aliphatic rings. The van der Waals surface area contributed by atoms with Gasteiger partial charge in [0.2, 0.25) is 0 Å². The van der Waals surface area contributed by atoms with Gasteiger partial charge in [0.15, 0.2) is 0 Å². The number of hydrogen-bond donors (Lipinski definition) is 0. The number of fused-ring (bicyclic) bond motifs is 6. The van der Waals surface area contributed by atoms with Gasteiger partial charge < -0.3 is 0 Å². The Bertz CT molecular complexity index is 2770. The van der Waals surface area contributed by atoms with Gasteiger partial charge in [-0.05, 0) is 106 Å². The Labute approximate surface area is 534 Å². The summed E-state index contributed by atoms with van der Waals surface area (Å²) in [5, 5.41) is 1.94. The van der Waals surface area contributed by atoms with Crippen LogP contribution in [0.3, 0.4) is 0 Å². The maximum absolute atomic E-state index is 16.0. The Morgan fingerprint density at radius 3 is 1.08 bits per heavy atom. The summed E-state index contributed by atoms with van der Waals surface area (Å²) >= 11 is 5.16. The van der Waals surface area contributed by atoms with Gasteiger partial charge in [-0.15, -0.1) is 34.0 Å². The van der Waals surface area contributed by atoms with Crippen LogP contribution >= 0.6 is 34.0 Å². The molecule has 6 nitrogen and oxygen atoms in total. The fourth-order valence-electron chi connectivity index (χ4n) is 15.0. The van der Waals surface area contributed by atoms with E-state index >= 15 is 19.2 Å². The largest absolute Gasteiger partial charge is 0.274 e. The van der Waals surface area contributed by atoms with Crippen molar-refractivity contribution in [2.24, 2.45) is 11.8 Å². The number of carbonyl (C=O) groups excluding carboxylic acids is 4. The van der Waals surface area contributed by atoms with Crippen molar-refractivity contribution in [3.63, 3.8) is 0 Å². The summed E-state index contributed by atoms with van der Waals surface area (Å²) in [5.41, 5.74) is 4.17. The number of unbranched alkanes of at least 4 members (excludes halogenated alkanes) is 32.